The molecule has 0 aliphatic heterocycles. The molecule has 1 aliphatic carbocycles. The van der Waals surface area contributed by atoms with Gasteiger partial charge in [-0.25, -0.2) is 4.98 Å². The highest BCUT2D eigenvalue weighted by Gasteiger charge is 2.25. The zero-order valence-electron chi connectivity index (χ0n) is 12.3. The van der Waals surface area contributed by atoms with Gasteiger partial charge in [-0.05, 0) is 49.3 Å². The number of hydrogen-bond donors (Lipinski definition) is 1. The van der Waals surface area contributed by atoms with Gasteiger partial charge < -0.3 is 5.73 Å². The highest BCUT2D eigenvalue weighted by Crippen LogP contribution is 2.28. The van der Waals surface area contributed by atoms with Crippen molar-refractivity contribution in [3.05, 3.63) is 47.0 Å². The predicted molar refractivity (Wildman–Crippen MR) is 79.3 cm³/mol. The molecule has 1 aliphatic rings. The van der Waals surface area contributed by atoms with Gasteiger partial charge in [0.2, 0.25) is 0 Å². The SMILES string of the molecule is Cn1ncnc1CC(C)(N)c1ccc2c(c1)CCCC2. The Hall–Kier alpha value is -1.68. The van der Waals surface area contributed by atoms with E-state index in [1.54, 1.807) is 11.0 Å². The minimum Gasteiger partial charge on any atom is -0.321 e. The normalized spacial score (nSPS) is 17.6. The number of benzene rings is 1. The molecular weight excluding hydrogens is 248 g/mol. The van der Waals surface area contributed by atoms with Gasteiger partial charge in [-0.3, -0.25) is 4.68 Å². The van der Waals surface area contributed by atoms with Crippen LogP contribution in [0, 0.1) is 0 Å². The fourth-order valence-electron chi connectivity index (χ4n) is 3.00. The van der Waals surface area contributed by atoms with E-state index >= 15 is 0 Å². The largest absolute Gasteiger partial charge is 0.321 e. The quantitative estimate of drug-likeness (QED) is 0.929. The molecule has 0 saturated heterocycles. The van der Waals surface area contributed by atoms with E-state index in [1.165, 1.54) is 42.4 Å². The topological polar surface area (TPSA) is 56.7 Å². The van der Waals surface area contributed by atoms with Crippen LogP contribution in [0.1, 0.15) is 42.3 Å². The Morgan fingerprint density at radius 1 is 1.25 bits per heavy atom. The van der Waals surface area contributed by atoms with Crippen LogP contribution in [0.25, 0.3) is 0 Å². The number of nitrogens with zero attached hydrogens (tertiary/aromatic N) is 3. The monoisotopic (exact) mass is 270 g/mol. The molecule has 0 spiro atoms. The van der Waals surface area contributed by atoms with Crippen molar-refractivity contribution in [2.24, 2.45) is 12.8 Å². The van der Waals surface area contributed by atoms with Crippen molar-refractivity contribution >= 4 is 0 Å². The van der Waals surface area contributed by atoms with Crippen LogP contribution in [0.4, 0.5) is 0 Å². The molecule has 4 heteroatoms. The van der Waals surface area contributed by atoms with E-state index < -0.39 is 5.54 Å². The fourth-order valence-corrected chi connectivity index (χ4v) is 3.00. The van der Waals surface area contributed by atoms with Gasteiger partial charge in [0.05, 0.1) is 0 Å². The Bertz CT molecular complexity index is 613. The maximum atomic E-state index is 6.55. The standard InChI is InChI=1S/C16H22N4/c1-16(17,10-15-18-11-19-20(15)2)14-8-7-12-5-3-4-6-13(12)9-14/h7-9,11H,3-6,10,17H2,1-2H3. The number of hydrogen-bond acceptors (Lipinski definition) is 3. The van der Waals surface area contributed by atoms with Crippen LogP contribution in [0.15, 0.2) is 24.5 Å². The second-order valence-corrected chi connectivity index (χ2v) is 6.08. The Kier molecular flexibility index (Phi) is 3.34. The van der Waals surface area contributed by atoms with E-state index in [9.17, 15) is 0 Å². The summed E-state index contributed by atoms with van der Waals surface area (Å²) in [6.45, 7) is 2.08. The zero-order chi connectivity index (χ0) is 14.2. The van der Waals surface area contributed by atoms with Crippen LogP contribution in [0.5, 0.6) is 0 Å². The first-order chi connectivity index (χ1) is 9.56. The average Bonchev–Trinajstić information content (AvgIpc) is 2.83. The van der Waals surface area contributed by atoms with Gasteiger partial charge in [0.25, 0.3) is 0 Å². The molecule has 1 atom stereocenters. The van der Waals surface area contributed by atoms with Gasteiger partial charge in [-0.1, -0.05) is 18.2 Å². The second-order valence-electron chi connectivity index (χ2n) is 6.08. The third-order valence-electron chi connectivity index (χ3n) is 4.34. The van der Waals surface area contributed by atoms with Gasteiger partial charge in [0, 0.05) is 19.0 Å². The lowest BCUT2D eigenvalue weighted by molar-refractivity contribution is 0.464. The molecular formula is C16H22N4. The van der Waals surface area contributed by atoms with Crippen molar-refractivity contribution in [3.8, 4) is 0 Å². The number of nitrogens with two attached hydrogens (primary N) is 1. The number of aryl methyl sites for hydroxylation is 3. The van der Waals surface area contributed by atoms with Crippen LogP contribution < -0.4 is 5.73 Å². The molecule has 106 valence electrons. The lowest BCUT2D eigenvalue weighted by Gasteiger charge is -2.27. The molecule has 20 heavy (non-hydrogen) atoms. The summed E-state index contributed by atoms with van der Waals surface area (Å²) in [5, 5.41) is 4.11. The molecule has 1 heterocycles. The third-order valence-corrected chi connectivity index (χ3v) is 4.34. The lowest BCUT2D eigenvalue weighted by atomic mass is 9.84. The maximum absolute atomic E-state index is 6.55. The van der Waals surface area contributed by atoms with Crippen LogP contribution in [0.2, 0.25) is 0 Å². The summed E-state index contributed by atoms with van der Waals surface area (Å²) < 4.78 is 1.80. The minimum absolute atomic E-state index is 0.409. The smallest absolute Gasteiger partial charge is 0.138 e. The van der Waals surface area contributed by atoms with Gasteiger partial charge in [0.1, 0.15) is 12.2 Å². The summed E-state index contributed by atoms with van der Waals surface area (Å²) in [7, 11) is 1.91. The van der Waals surface area contributed by atoms with E-state index in [-0.39, 0.29) is 0 Å². The molecule has 1 aromatic carbocycles. The minimum atomic E-state index is -0.409. The van der Waals surface area contributed by atoms with Crippen LogP contribution in [0.3, 0.4) is 0 Å². The first kappa shape index (κ1) is 13.3. The van der Waals surface area contributed by atoms with Gasteiger partial charge in [-0.2, -0.15) is 5.10 Å². The van der Waals surface area contributed by atoms with Crippen LogP contribution in [-0.4, -0.2) is 14.8 Å². The summed E-state index contributed by atoms with van der Waals surface area (Å²) in [5.41, 5.74) is 10.3. The molecule has 0 bridgehead atoms. The predicted octanol–water partition coefficient (Wildman–Crippen LogP) is 2.11. The van der Waals surface area contributed by atoms with Crippen molar-refractivity contribution in [1.82, 2.24) is 14.8 Å². The molecule has 0 amide bonds. The summed E-state index contributed by atoms with van der Waals surface area (Å²) in [6.07, 6.45) is 7.27. The summed E-state index contributed by atoms with van der Waals surface area (Å²) in [4.78, 5) is 4.29. The maximum Gasteiger partial charge on any atom is 0.138 e. The molecule has 0 radical (unpaired) electrons. The summed E-state index contributed by atoms with van der Waals surface area (Å²) in [5.74, 6) is 0.924. The molecule has 1 unspecified atom stereocenters. The Labute approximate surface area is 120 Å². The lowest BCUT2D eigenvalue weighted by Crippen LogP contribution is -2.36. The van der Waals surface area contributed by atoms with Gasteiger partial charge in [0.15, 0.2) is 0 Å². The third kappa shape index (κ3) is 2.48. The number of fused-ring (bicyclic) bond motifs is 1. The van der Waals surface area contributed by atoms with Crippen molar-refractivity contribution in [1.29, 1.82) is 0 Å². The Morgan fingerprint density at radius 2 is 2.00 bits per heavy atom. The highest BCUT2D eigenvalue weighted by molar-refractivity contribution is 5.37. The van der Waals surface area contributed by atoms with E-state index in [1.807, 2.05) is 7.05 Å². The molecule has 1 aromatic heterocycles. The molecule has 2 aromatic rings. The van der Waals surface area contributed by atoms with Crippen molar-refractivity contribution in [3.63, 3.8) is 0 Å². The van der Waals surface area contributed by atoms with Gasteiger partial charge >= 0.3 is 0 Å². The average molecular weight is 270 g/mol. The molecule has 0 saturated carbocycles. The summed E-state index contributed by atoms with van der Waals surface area (Å²) >= 11 is 0. The number of aromatic nitrogens is 3. The van der Waals surface area contributed by atoms with Gasteiger partial charge in [-0.15, -0.1) is 0 Å². The Balaban J connectivity index is 1.89. The second kappa shape index (κ2) is 5.02. The summed E-state index contributed by atoms with van der Waals surface area (Å²) in [6, 6.07) is 6.73. The zero-order valence-corrected chi connectivity index (χ0v) is 12.3. The van der Waals surface area contributed by atoms with Crippen molar-refractivity contribution < 1.29 is 0 Å². The van der Waals surface area contributed by atoms with E-state index in [0.29, 0.717) is 6.42 Å². The Morgan fingerprint density at radius 3 is 2.70 bits per heavy atom. The first-order valence-electron chi connectivity index (χ1n) is 7.30. The molecule has 4 nitrogen and oxygen atoms in total. The van der Waals surface area contributed by atoms with Crippen LogP contribution >= 0.6 is 0 Å². The highest BCUT2D eigenvalue weighted by atomic mass is 15.3. The van der Waals surface area contributed by atoms with Crippen molar-refractivity contribution in [2.45, 2.75) is 44.6 Å². The molecule has 2 N–H and O–H groups in total. The van der Waals surface area contributed by atoms with E-state index in [4.69, 9.17) is 5.73 Å². The van der Waals surface area contributed by atoms with E-state index in [2.05, 4.69) is 35.2 Å². The first-order valence-corrected chi connectivity index (χ1v) is 7.30. The fraction of sp³-hybridized carbons (Fsp3) is 0.500. The molecule has 0 fully saturated rings. The molecule has 3 rings (SSSR count). The van der Waals surface area contributed by atoms with Crippen molar-refractivity contribution in [2.75, 3.05) is 0 Å². The van der Waals surface area contributed by atoms with Crippen LogP contribution in [-0.2, 0) is 31.8 Å². The van der Waals surface area contributed by atoms with E-state index in [0.717, 1.165) is 5.82 Å². The number of rotatable bonds is 3.